The number of nitrogens with one attached hydrogen (secondary N) is 1. The monoisotopic (exact) mass is 168 g/mol. The van der Waals surface area contributed by atoms with Crippen LogP contribution in [0.25, 0.3) is 0 Å². The van der Waals surface area contributed by atoms with E-state index in [9.17, 15) is 0 Å². The second kappa shape index (κ2) is 4.27. The normalized spacial score (nSPS) is 31.5. The minimum absolute atomic E-state index is 0.686. The minimum Gasteiger partial charge on any atom is -0.340 e. The van der Waals surface area contributed by atoms with Crippen molar-refractivity contribution in [2.75, 3.05) is 0 Å². The van der Waals surface area contributed by atoms with Crippen molar-refractivity contribution < 1.29 is 0 Å². The lowest BCUT2D eigenvalue weighted by Gasteiger charge is -2.42. The Morgan fingerprint density at radius 3 is 2.42 bits per heavy atom. The maximum absolute atomic E-state index is 3.72. The van der Waals surface area contributed by atoms with Gasteiger partial charge in [0.2, 0.25) is 0 Å². The molecule has 1 aliphatic heterocycles. The van der Waals surface area contributed by atoms with E-state index < -0.39 is 0 Å². The highest BCUT2D eigenvalue weighted by atomic mass is 15.0. The van der Waals surface area contributed by atoms with E-state index in [0.717, 1.165) is 12.0 Å². The van der Waals surface area contributed by atoms with E-state index in [-0.39, 0.29) is 0 Å². The summed E-state index contributed by atoms with van der Waals surface area (Å²) in [6.45, 7) is 9.09. The summed E-state index contributed by atoms with van der Waals surface area (Å²) in [6, 6.07) is 1.43. The molecule has 12 heavy (non-hydrogen) atoms. The molecule has 0 aromatic carbocycles. The molecular formula is C11H22N-. The molecule has 1 nitrogen and oxygen atoms in total. The van der Waals surface area contributed by atoms with Gasteiger partial charge in [0, 0.05) is 6.04 Å². The van der Waals surface area contributed by atoms with Crippen LogP contribution in [0.3, 0.4) is 0 Å². The molecule has 0 radical (unpaired) electrons. The van der Waals surface area contributed by atoms with Gasteiger partial charge >= 0.3 is 0 Å². The Labute approximate surface area is 76.9 Å². The molecule has 2 atom stereocenters. The summed E-state index contributed by atoms with van der Waals surface area (Å²) in [6.07, 6.45) is 4.10. The number of hydrogen-bond acceptors (Lipinski definition) is 1. The Kier molecular flexibility index (Phi) is 3.57. The molecule has 1 saturated heterocycles. The van der Waals surface area contributed by atoms with Gasteiger partial charge in [-0.25, -0.2) is 0 Å². The topological polar surface area (TPSA) is 12.0 Å². The smallest absolute Gasteiger partial charge is 0.00654 e. The van der Waals surface area contributed by atoms with Crippen molar-refractivity contribution in [1.29, 1.82) is 0 Å². The van der Waals surface area contributed by atoms with Gasteiger partial charge in [0.25, 0.3) is 0 Å². The van der Waals surface area contributed by atoms with Crippen LogP contribution in [0.15, 0.2) is 0 Å². The lowest BCUT2D eigenvalue weighted by Crippen LogP contribution is -2.46. The summed E-state index contributed by atoms with van der Waals surface area (Å²) < 4.78 is 0. The van der Waals surface area contributed by atoms with Crippen LogP contribution in [0.4, 0.5) is 0 Å². The SMILES string of the molecule is C[C-](C)C1CCCC(C(C)C)N1. The molecule has 0 aliphatic carbocycles. The summed E-state index contributed by atoms with van der Waals surface area (Å²) in [5.41, 5.74) is 0. The standard InChI is InChI=1S/C11H22N/c1-8(2)10-6-5-7-11(12-10)9(3)4/h8,10-12H,5-7H2,1-4H3/q-1. The Bertz CT molecular complexity index is 115. The van der Waals surface area contributed by atoms with E-state index in [1.54, 1.807) is 5.92 Å². The Hall–Kier alpha value is -0.0400. The molecule has 0 aromatic rings. The fraction of sp³-hybridized carbons (Fsp3) is 0.909. The van der Waals surface area contributed by atoms with Crippen LogP contribution in [0.5, 0.6) is 0 Å². The molecule has 72 valence electrons. The highest BCUT2D eigenvalue weighted by Crippen LogP contribution is 2.22. The predicted octanol–water partition coefficient (Wildman–Crippen LogP) is 2.77. The lowest BCUT2D eigenvalue weighted by molar-refractivity contribution is 0.275. The first kappa shape index (κ1) is 10.0. The van der Waals surface area contributed by atoms with E-state index in [2.05, 4.69) is 33.0 Å². The van der Waals surface area contributed by atoms with Crippen molar-refractivity contribution in [3.63, 3.8) is 0 Å². The minimum atomic E-state index is 0.686. The zero-order chi connectivity index (χ0) is 9.14. The summed E-state index contributed by atoms with van der Waals surface area (Å²) in [7, 11) is 0. The van der Waals surface area contributed by atoms with Crippen LogP contribution in [-0.2, 0) is 0 Å². The molecule has 2 unspecified atom stereocenters. The highest BCUT2D eigenvalue weighted by Gasteiger charge is 2.19. The highest BCUT2D eigenvalue weighted by molar-refractivity contribution is 4.97. The molecule has 1 aliphatic rings. The van der Waals surface area contributed by atoms with Gasteiger partial charge in [0.1, 0.15) is 0 Å². The average molecular weight is 168 g/mol. The van der Waals surface area contributed by atoms with Crippen molar-refractivity contribution in [3.05, 3.63) is 5.92 Å². The molecule has 0 saturated carbocycles. The van der Waals surface area contributed by atoms with Gasteiger partial charge in [-0.3, -0.25) is 0 Å². The van der Waals surface area contributed by atoms with E-state index >= 15 is 0 Å². The number of piperidine rings is 1. The molecule has 1 fully saturated rings. The number of hydrogen-bond donors (Lipinski definition) is 1. The van der Waals surface area contributed by atoms with Crippen LogP contribution in [0.2, 0.25) is 0 Å². The Balaban J connectivity index is 2.40. The second-order valence-electron chi connectivity index (χ2n) is 4.58. The molecule has 1 heteroatoms. The molecule has 1 N–H and O–H groups in total. The first-order chi connectivity index (χ1) is 5.61. The van der Waals surface area contributed by atoms with Crippen molar-refractivity contribution in [2.45, 2.75) is 59.0 Å². The third-order valence-electron chi connectivity index (χ3n) is 2.92. The summed E-state index contributed by atoms with van der Waals surface area (Å²) in [4.78, 5) is 0. The molecule has 0 amide bonds. The quantitative estimate of drug-likeness (QED) is 0.625. The van der Waals surface area contributed by atoms with Crippen molar-refractivity contribution in [3.8, 4) is 0 Å². The first-order valence-corrected chi connectivity index (χ1v) is 5.17. The third-order valence-corrected chi connectivity index (χ3v) is 2.92. The average Bonchev–Trinajstić information content (AvgIpc) is 2.04. The van der Waals surface area contributed by atoms with Gasteiger partial charge in [-0.15, -0.1) is 6.04 Å². The van der Waals surface area contributed by atoms with Gasteiger partial charge < -0.3 is 11.2 Å². The fourth-order valence-corrected chi connectivity index (χ4v) is 1.95. The summed E-state index contributed by atoms with van der Waals surface area (Å²) >= 11 is 0. The van der Waals surface area contributed by atoms with Crippen molar-refractivity contribution in [1.82, 2.24) is 5.32 Å². The molecular weight excluding hydrogens is 146 g/mol. The number of rotatable bonds is 2. The van der Waals surface area contributed by atoms with Gasteiger partial charge in [-0.1, -0.05) is 26.7 Å². The Morgan fingerprint density at radius 1 is 1.25 bits per heavy atom. The summed E-state index contributed by atoms with van der Waals surface area (Å²) in [5.74, 6) is 2.33. The van der Waals surface area contributed by atoms with Crippen LogP contribution in [0.1, 0.15) is 47.0 Å². The van der Waals surface area contributed by atoms with Crippen LogP contribution in [0, 0.1) is 11.8 Å². The van der Waals surface area contributed by atoms with Gasteiger partial charge in [0.15, 0.2) is 0 Å². The lowest BCUT2D eigenvalue weighted by atomic mass is 9.87. The van der Waals surface area contributed by atoms with E-state index in [0.29, 0.717) is 6.04 Å². The van der Waals surface area contributed by atoms with Crippen LogP contribution in [-0.4, -0.2) is 12.1 Å². The van der Waals surface area contributed by atoms with Crippen molar-refractivity contribution in [2.24, 2.45) is 5.92 Å². The molecule has 0 bridgehead atoms. The zero-order valence-corrected chi connectivity index (χ0v) is 8.85. The van der Waals surface area contributed by atoms with Crippen LogP contribution < -0.4 is 5.32 Å². The maximum Gasteiger partial charge on any atom is 0.00654 e. The fourth-order valence-electron chi connectivity index (χ4n) is 1.95. The summed E-state index contributed by atoms with van der Waals surface area (Å²) in [5, 5.41) is 3.72. The largest absolute Gasteiger partial charge is 0.340 e. The van der Waals surface area contributed by atoms with E-state index in [1.165, 1.54) is 19.3 Å². The first-order valence-electron chi connectivity index (χ1n) is 5.17. The molecule has 0 spiro atoms. The third kappa shape index (κ3) is 2.48. The molecule has 1 rings (SSSR count). The second-order valence-corrected chi connectivity index (χ2v) is 4.58. The molecule has 1 heterocycles. The Morgan fingerprint density at radius 2 is 1.92 bits per heavy atom. The van der Waals surface area contributed by atoms with E-state index in [4.69, 9.17) is 0 Å². The van der Waals surface area contributed by atoms with Crippen LogP contribution >= 0.6 is 0 Å². The predicted molar refractivity (Wildman–Crippen MR) is 54.0 cm³/mol. The van der Waals surface area contributed by atoms with Gasteiger partial charge in [-0.05, 0) is 12.3 Å². The van der Waals surface area contributed by atoms with Gasteiger partial charge in [0.05, 0.1) is 0 Å². The van der Waals surface area contributed by atoms with E-state index in [1.807, 2.05) is 0 Å². The van der Waals surface area contributed by atoms with Gasteiger partial charge in [-0.2, -0.15) is 13.8 Å². The maximum atomic E-state index is 3.72. The molecule has 0 aromatic heterocycles. The van der Waals surface area contributed by atoms with Crippen molar-refractivity contribution >= 4 is 0 Å². The zero-order valence-electron chi connectivity index (χ0n) is 8.85.